The molecular weight excluding hydrogens is 398 g/mol. The van der Waals surface area contributed by atoms with Crippen LogP contribution < -0.4 is 10.6 Å². The van der Waals surface area contributed by atoms with E-state index in [4.69, 9.17) is 13.9 Å². The van der Waals surface area contributed by atoms with Gasteiger partial charge in [-0.15, -0.1) is 0 Å². The number of aliphatic hydroxyl groups is 1. The highest BCUT2D eigenvalue weighted by molar-refractivity contribution is 5.97. The largest absolute Gasteiger partial charge is 0.423 e. The predicted octanol–water partition coefficient (Wildman–Crippen LogP) is 2.90. The number of anilines is 2. The molecule has 1 fully saturated rings. The van der Waals surface area contributed by atoms with Gasteiger partial charge >= 0.3 is 12.0 Å². The first-order chi connectivity index (χ1) is 15.2. The van der Waals surface area contributed by atoms with E-state index in [1.807, 2.05) is 24.3 Å². The fourth-order valence-electron chi connectivity index (χ4n) is 3.85. The molecule has 160 valence electrons. The number of aliphatic hydroxyl groups excluding tert-OH is 1. The number of hydrogen-bond donors (Lipinski definition) is 3. The van der Waals surface area contributed by atoms with E-state index in [-0.39, 0.29) is 24.6 Å². The van der Waals surface area contributed by atoms with Crippen LogP contribution in [0.5, 0.6) is 0 Å². The Morgan fingerprint density at radius 3 is 2.48 bits per heavy atom. The van der Waals surface area contributed by atoms with Gasteiger partial charge < -0.3 is 24.2 Å². The van der Waals surface area contributed by atoms with Crippen LogP contribution in [0.1, 0.15) is 23.2 Å². The summed E-state index contributed by atoms with van der Waals surface area (Å²) < 4.78 is 11.3. The van der Waals surface area contributed by atoms with Gasteiger partial charge in [0, 0.05) is 31.2 Å². The number of para-hydroxylation sites is 2. The van der Waals surface area contributed by atoms with Crippen LogP contribution >= 0.6 is 0 Å². The van der Waals surface area contributed by atoms with Crippen molar-refractivity contribution in [3.8, 4) is 0 Å². The van der Waals surface area contributed by atoms with E-state index >= 15 is 0 Å². The molecule has 0 saturated carbocycles. The Morgan fingerprint density at radius 1 is 1.03 bits per heavy atom. The number of fused-ring (bicyclic) bond motifs is 2. The summed E-state index contributed by atoms with van der Waals surface area (Å²) in [4.78, 5) is 23.7. The van der Waals surface area contributed by atoms with Crippen molar-refractivity contribution >= 4 is 40.1 Å². The number of benzene rings is 2. The number of carbonyl (C=O) groups is 1. The molecule has 4 aromatic rings. The number of amides is 1. The lowest BCUT2D eigenvalue weighted by Crippen LogP contribution is -2.45. The van der Waals surface area contributed by atoms with Crippen molar-refractivity contribution in [1.29, 1.82) is 0 Å². The molecule has 0 aliphatic carbocycles. The standard InChI is InChI=1S/C22H23N5O4/c28-12-11-27-9-7-15(8-10-27)23-20(29)14-5-6-19-17(13-14)25-22(31-19)26-21-24-16-3-1-2-4-18(16)30-21/h1-6,13,15,28H,7-12H2,(H,23,29)(H,24,25,26). The van der Waals surface area contributed by atoms with Crippen LogP contribution in [0.4, 0.5) is 12.0 Å². The van der Waals surface area contributed by atoms with Crippen molar-refractivity contribution < 1.29 is 18.7 Å². The van der Waals surface area contributed by atoms with E-state index in [1.165, 1.54) is 0 Å². The van der Waals surface area contributed by atoms with Crippen LogP contribution in [-0.4, -0.2) is 58.2 Å². The Labute approximate surface area is 178 Å². The fourth-order valence-corrected chi connectivity index (χ4v) is 3.85. The zero-order valence-electron chi connectivity index (χ0n) is 16.9. The van der Waals surface area contributed by atoms with E-state index in [0.717, 1.165) is 31.4 Å². The van der Waals surface area contributed by atoms with Crippen LogP contribution in [0.3, 0.4) is 0 Å². The molecule has 3 N–H and O–H groups in total. The van der Waals surface area contributed by atoms with Crippen LogP contribution in [-0.2, 0) is 0 Å². The highest BCUT2D eigenvalue weighted by atomic mass is 16.4. The van der Waals surface area contributed by atoms with Gasteiger partial charge in [0.25, 0.3) is 5.91 Å². The third-order valence-electron chi connectivity index (χ3n) is 5.50. The summed E-state index contributed by atoms with van der Waals surface area (Å²) in [6, 6.07) is 13.3. The molecule has 1 saturated heterocycles. The van der Waals surface area contributed by atoms with Gasteiger partial charge in [0.1, 0.15) is 11.0 Å². The molecule has 0 atom stereocenters. The van der Waals surface area contributed by atoms with Crippen LogP contribution in [0.2, 0.25) is 0 Å². The summed E-state index contributed by atoms with van der Waals surface area (Å²) in [5, 5.41) is 15.1. The van der Waals surface area contributed by atoms with Crippen molar-refractivity contribution in [3.05, 3.63) is 48.0 Å². The van der Waals surface area contributed by atoms with Gasteiger partial charge in [0.05, 0.1) is 6.61 Å². The normalized spacial score (nSPS) is 15.5. The molecule has 1 amide bonds. The quantitative estimate of drug-likeness (QED) is 0.435. The molecule has 0 unspecified atom stereocenters. The summed E-state index contributed by atoms with van der Waals surface area (Å²) in [7, 11) is 0. The first-order valence-electron chi connectivity index (χ1n) is 10.4. The van der Waals surface area contributed by atoms with E-state index in [0.29, 0.717) is 34.8 Å². The fraction of sp³-hybridized carbons (Fsp3) is 0.318. The molecule has 2 aromatic heterocycles. The summed E-state index contributed by atoms with van der Waals surface area (Å²) in [5.74, 6) is -0.126. The Morgan fingerprint density at radius 2 is 1.74 bits per heavy atom. The topological polar surface area (TPSA) is 117 Å². The van der Waals surface area contributed by atoms with Gasteiger partial charge in [0.15, 0.2) is 11.2 Å². The lowest BCUT2D eigenvalue weighted by atomic mass is 10.0. The third kappa shape index (κ3) is 4.23. The average molecular weight is 421 g/mol. The van der Waals surface area contributed by atoms with E-state index in [1.54, 1.807) is 18.2 Å². The Balaban J connectivity index is 1.26. The maximum Gasteiger partial charge on any atom is 0.303 e. The smallest absolute Gasteiger partial charge is 0.303 e. The number of β-amino-alcohol motifs (C(OH)–C–C–N with tert-alkyl or cyclic N) is 1. The predicted molar refractivity (Wildman–Crippen MR) is 115 cm³/mol. The minimum atomic E-state index is -0.126. The Bertz CT molecular complexity index is 1180. The van der Waals surface area contributed by atoms with Gasteiger partial charge in [-0.25, -0.2) is 0 Å². The van der Waals surface area contributed by atoms with Crippen molar-refractivity contribution in [2.45, 2.75) is 18.9 Å². The number of hydrogen-bond acceptors (Lipinski definition) is 8. The van der Waals surface area contributed by atoms with Gasteiger partial charge in [-0.1, -0.05) is 12.1 Å². The molecule has 2 aromatic carbocycles. The maximum atomic E-state index is 12.7. The van der Waals surface area contributed by atoms with Gasteiger partial charge in [0.2, 0.25) is 0 Å². The van der Waals surface area contributed by atoms with Gasteiger partial charge in [-0.05, 0) is 43.2 Å². The molecule has 1 aliphatic heterocycles. The molecule has 0 spiro atoms. The Hall–Kier alpha value is -3.43. The number of carbonyl (C=O) groups excluding carboxylic acids is 1. The monoisotopic (exact) mass is 421 g/mol. The van der Waals surface area contributed by atoms with Crippen LogP contribution in [0.15, 0.2) is 51.3 Å². The second-order valence-electron chi connectivity index (χ2n) is 7.63. The molecule has 0 radical (unpaired) electrons. The number of aromatic nitrogens is 2. The third-order valence-corrected chi connectivity index (χ3v) is 5.50. The second-order valence-corrected chi connectivity index (χ2v) is 7.63. The molecule has 0 bridgehead atoms. The first-order valence-corrected chi connectivity index (χ1v) is 10.4. The number of rotatable bonds is 6. The molecular formula is C22H23N5O4. The van der Waals surface area contributed by atoms with E-state index < -0.39 is 0 Å². The van der Waals surface area contributed by atoms with Crippen molar-refractivity contribution in [2.75, 3.05) is 31.6 Å². The van der Waals surface area contributed by atoms with E-state index in [2.05, 4.69) is 25.5 Å². The SMILES string of the molecule is O=C(NC1CCN(CCO)CC1)c1ccc2oc(Nc3nc4ccccc4o3)nc2c1. The minimum absolute atomic E-state index is 0.126. The summed E-state index contributed by atoms with van der Waals surface area (Å²) in [6.45, 7) is 2.60. The summed E-state index contributed by atoms with van der Waals surface area (Å²) in [6.07, 6.45) is 1.74. The average Bonchev–Trinajstić information content (AvgIpc) is 3.37. The van der Waals surface area contributed by atoms with Crippen molar-refractivity contribution in [1.82, 2.24) is 20.2 Å². The molecule has 1 aliphatic rings. The zero-order valence-corrected chi connectivity index (χ0v) is 16.9. The molecule has 31 heavy (non-hydrogen) atoms. The minimum Gasteiger partial charge on any atom is -0.423 e. The van der Waals surface area contributed by atoms with Crippen molar-refractivity contribution in [2.24, 2.45) is 0 Å². The Kier molecular flexibility index (Phi) is 5.27. The number of nitrogens with one attached hydrogen (secondary N) is 2. The summed E-state index contributed by atoms with van der Waals surface area (Å²) >= 11 is 0. The highest BCUT2D eigenvalue weighted by Gasteiger charge is 2.21. The van der Waals surface area contributed by atoms with Crippen LogP contribution in [0.25, 0.3) is 22.2 Å². The highest BCUT2D eigenvalue weighted by Crippen LogP contribution is 2.25. The zero-order chi connectivity index (χ0) is 21.2. The number of oxazole rings is 2. The molecule has 9 nitrogen and oxygen atoms in total. The van der Waals surface area contributed by atoms with E-state index in [9.17, 15) is 4.79 Å². The summed E-state index contributed by atoms with van der Waals surface area (Å²) in [5.41, 5.74) is 3.08. The van der Waals surface area contributed by atoms with Gasteiger partial charge in [-0.3, -0.25) is 10.1 Å². The number of nitrogens with zero attached hydrogens (tertiary/aromatic N) is 3. The second kappa shape index (κ2) is 8.37. The number of piperidine rings is 1. The van der Waals surface area contributed by atoms with Crippen LogP contribution in [0, 0.1) is 0 Å². The molecule has 5 rings (SSSR count). The van der Waals surface area contributed by atoms with Gasteiger partial charge in [-0.2, -0.15) is 9.97 Å². The lowest BCUT2D eigenvalue weighted by molar-refractivity contribution is 0.0903. The maximum absolute atomic E-state index is 12.7. The number of likely N-dealkylation sites (tertiary alicyclic amines) is 1. The molecule has 3 heterocycles. The van der Waals surface area contributed by atoms with Crippen molar-refractivity contribution in [3.63, 3.8) is 0 Å². The lowest BCUT2D eigenvalue weighted by Gasteiger charge is -2.31. The molecule has 9 heteroatoms. The first kappa shape index (κ1) is 19.5.